The Morgan fingerprint density at radius 2 is 2.14 bits per heavy atom. The summed E-state index contributed by atoms with van der Waals surface area (Å²) in [6, 6.07) is 7.02. The van der Waals surface area contributed by atoms with Crippen molar-refractivity contribution in [3.05, 3.63) is 46.0 Å². The van der Waals surface area contributed by atoms with Crippen LogP contribution >= 0.6 is 0 Å². The summed E-state index contributed by atoms with van der Waals surface area (Å²) in [5.74, 6) is -1.50. The monoisotopic (exact) mass is 285 g/mol. The molecule has 0 fully saturated rings. The summed E-state index contributed by atoms with van der Waals surface area (Å²) >= 11 is 0. The molecule has 3 rings (SSSR count). The summed E-state index contributed by atoms with van der Waals surface area (Å²) < 4.78 is 5.93. The molecule has 2 heterocycles. The van der Waals surface area contributed by atoms with Gasteiger partial charge in [0.15, 0.2) is 0 Å². The third-order valence-electron chi connectivity index (χ3n) is 3.01. The van der Waals surface area contributed by atoms with Crippen molar-refractivity contribution in [1.29, 1.82) is 0 Å². The van der Waals surface area contributed by atoms with Gasteiger partial charge in [-0.2, -0.15) is 0 Å². The van der Waals surface area contributed by atoms with E-state index >= 15 is 0 Å². The number of aliphatic hydroxyl groups excluding tert-OH is 1. The van der Waals surface area contributed by atoms with Gasteiger partial charge in [-0.1, -0.05) is 12.1 Å². The van der Waals surface area contributed by atoms with Gasteiger partial charge in [-0.05, 0) is 19.1 Å². The van der Waals surface area contributed by atoms with Gasteiger partial charge in [-0.25, -0.2) is 19.2 Å². The molecule has 106 valence electrons. The number of imidazole rings is 1. The Bertz CT molecular complexity index is 961. The highest BCUT2D eigenvalue weighted by atomic mass is 16.5. The van der Waals surface area contributed by atoms with Crippen molar-refractivity contribution in [3.8, 4) is 0 Å². The molecule has 0 saturated carbocycles. The zero-order valence-corrected chi connectivity index (χ0v) is 11.1. The molecule has 0 aliphatic carbocycles. The molecule has 0 bridgehead atoms. The standard InChI is InChI=1S/C14H11N3O4/c1-2-21-13(20)11(18)8-7-15-14-16-9-5-3-4-6-10(9)17(14)12(8)19/h3-7,18H,2H2,1H3/b11-8-. The summed E-state index contributed by atoms with van der Waals surface area (Å²) in [7, 11) is 0. The van der Waals surface area contributed by atoms with Gasteiger partial charge in [0.2, 0.25) is 11.5 Å². The average molecular weight is 285 g/mol. The van der Waals surface area contributed by atoms with Crippen LogP contribution in [-0.4, -0.2) is 32.1 Å². The van der Waals surface area contributed by atoms with Crippen molar-refractivity contribution < 1.29 is 14.6 Å². The Morgan fingerprint density at radius 1 is 1.38 bits per heavy atom. The number of carbonyl (C=O) groups is 1. The van der Waals surface area contributed by atoms with E-state index in [1.165, 1.54) is 4.40 Å². The van der Waals surface area contributed by atoms with Gasteiger partial charge in [-0.15, -0.1) is 0 Å². The molecule has 0 unspecified atom stereocenters. The number of aliphatic hydroxyl groups is 1. The minimum atomic E-state index is -0.958. The summed E-state index contributed by atoms with van der Waals surface area (Å²) in [6.45, 7) is 1.70. The third kappa shape index (κ3) is 1.99. The second-order valence-corrected chi connectivity index (χ2v) is 4.28. The fraction of sp³-hybridized carbons (Fsp3) is 0.143. The average Bonchev–Trinajstić information content (AvgIpc) is 2.86. The lowest BCUT2D eigenvalue weighted by Gasteiger charge is -2.00. The van der Waals surface area contributed by atoms with Crippen LogP contribution in [-0.2, 0) is 9.53 Å². The van der Waals surface area contributed by atoms with Crippen molar-refractivity contribution in [2.45, 2.75) is 6.92 Å². The van der Waals surface area contributed by atoms with E-state index in [4.69, 9.17) is 0 Å². The van der Waals surface area contributed by atoms with E-state index < -0.39 is 17.3 Å². The lowest BCUT2D eigenvalue weighted by Crippen LogP contribution is -2.35. The van der Waals surface area contributed by atoms with Gasteiger partial charge in [0.1, 0.15) is 5.22 Å². The number of ether oxygens (including phenoxy) is 1. The van der Waals surface area contributed by atoms with Gasteiger partial charge in [0.05, 0.1) is 17.6 Å². The number of aromatic nitrogens is 3. The van der Waals surface area contributed by atoms with Crippen molar-refractivity contribution in [3.63, 3.8) is 0 Å². The van der Waals surface area contributed by atoms with Crippen LogP contribution in [0.5, 0.6) is 0 Å². The predicted molar refractivity (Wildman–Crippen MR) is 74.7 cm³/mol. The molecule has 7 nitrogen and oxygen atoms in total. The number of benzene rings is 1. The van der Waals surface area contributed by atoms with E-state index in [1.807, 2.05) is 0 Å². The quantitative estimate of drug-likeness (QED) is 0.676. The van der Waals surface area contributed by atoms with E-state index in [0.29, 0.717) is 11.0 Å². The van der Waals surface area contributed by atoms with Crippen molar-refractivity contribution >= 4 is 28.5 Å². The van der Waals surface area contributed by atoms with Crippen LogP contribution in [0.4, 0.5) is 0 Å². The van der Waals surface area contributed by atoms with Gasteiger partial charge >= 0.3 is 5.97 Å². The van der Waals surface area contributed by atoms with Crippen molar-refractivity contribution in [2.24, 2.45) is 0 Å². The smallest absolute Gasteiger partial charge is 0.374 e. The lowest BCUT2D eigenvalue weighted by atomic mass is 10.3. The zero-order chi connectivity index (χ0) is 15.0. The van der Waals surface area contributed by atoms with Crippen LogP contribution < -0.4 is 10.8 Å². The number of esters is 1. The lowest BCUT2D eigenvalue weighted by molar-refractivity contribution is -0.138. The summed E-state index contributed by atoms with van der Waals surface area (Å²) in [6.07, 6.45) is 1.12. The number of para-hydroxylation sites is 2. The molecule has 0 aliphatic rings. The summed E-state index contributed by atoms with van der Waals surface area (Å²) in [5, 5.41) is 9.62. The maximum atomic E-state index is 12.4. The SMILES string of the molecule is CCOC(=O)/C(O)=c1\cnc2nc3ccccc3n2c1=O. The third-order valence-corrected chi connectivity index (χ3v) is 3.01. The molecule has 2 aromatic heterocycles. The van der Waals surface area contributed by atoms with E-state index in [9.17, 15) is 14.7 Å². The molecule has 0 atom stereocenters. The summed E-state index contributed by atoms with van der Waals surface area (Å²) in [5.41, 5.74) is 0.595. The maximum Gasteiger partial charge on any atom is 0.374 e. The molecule has 1 aromatic carbocycles. The van der Waals surface area contributed by atoms with Gasteiger partial charge < -0.3 is 9.84 Å². The van der Waals surface area contributed by atoms with Crippen LogP contribution in [0.15, 0.2) is 35.3 Å². The molecule has 0 amide bonds. The van der Waals surface area contributed by atoms with E-state index in [0.717, 1.165) is 6.20 Å². The van der Waals surface area contributed by atoms with Crippen LogP contribution in [0.25, 0.3) is 22.6 Å². The van der Waals surface area contributed by atoms with Gasteiger partial charge in [0, 0.05) is 6.20 Å². The normalized spacial score (nSPS) is 12.6. The van der Waals surface area contributed by atoms with E-state index in [-0.39, 0.29) is 17.6 Å². The summed E-state index contributed by atoms with van der Waals surface area (Å²) in [4.78, 5) is 32.2. The highest BCUT2D eigenvalue weighted by molar-refractivity contribution is 6.05. The second kappa shape index (κ2) is 4.86. The largest absolute Gasteiger partial charge is 0.501 e. The Morgan fingerprint density at radius 3 is 2.90 bits per heavy atom. The first-order valence-corrected chi connectivity index (χ1v) is 6.30. The molecule has 0 aliphatic heterocycles. The minimum Gasteiger partial charge on any atom is -0.501 e. The number of fused-ring (bicyclic) bond motifs is 3. The number of nitrogens with zero attached hydrogens (tertiary/aromatic N) is 3. The highest BCUT2D eigenvalue weighted by Crippen LogP contribution is 2.11. The molecule has 0 spiro atoms. The number of rotatable bonds is 2. The van der Waals surface area contributed by atoms with Gasteiger partial charge in [-0.3, -0.25) is 4.79 Å². The fourth-order valence-corrected chi connectivity index (χ4v) is 2.07. The second-order valence-electron chi connectivity index (χ2n) is 4.28. The molecular formula is C14H11N3O4. The zero-order valence-electron chi connectivity index (χ0n) is 11.1. The van der Waals surface area contributed by atoms with E-state index in [1.54, 1.807) is 31.2 Å². The predicted octanol–water partition coefficient (Wildman–Crippen LogP) is 0.191. The molecule has 1 N–H and O–H groups in total. The Hall–Kier alpha value is -2.96. The van der Waals surface area contributed by atoms with Crippen LogP contribution in [0.2, 0.25) is 0 Å². The molecule has 0 radical (unpaired) electrons. The Labute approximate surface area is 118 Å². The fourth-order valence-electron chi connectivity index (χ4n) is 2.07. The van der Waals surface area contributed by atoms with E-state index in [2.05, 4.69) is 14.7 Å². The van der Waals surface area contributed by atoms with Crippen LogP contribution in [0.3, 0.4) is 0 Å². The number of carbonyl (C=O) groups excluding carboxylic acids is 1. The first kappa shape index (κ1) is 13.0. The van der Waals surface area contributed by atoms with Crippen molar-refractivity contribution in [2.75, 3.05) is 6.61 Å². The maximum absolute atomic E-state index is 12.4. The van der Waals surface area contributed by atoms with Gasteiger partial charge in [0.25, 0.3) is 5.56 Å². The molecule has 7 heteroatoms. The van der Waals surface area contributed by atoms with Crippen LogP contribution in [0.1, 0.15) is 6.92 Å². The Balaban J connectivity index is 2.40. The molecule has 21 heavy (non-hydrogen) atoms. The first-order chi connectivity index (χ1) is 10.1. The minimum absolute atomic E-state index is 0.0980. The highest BCUT2D eigenvalue weighted by Gasteiger charge is 2.15. The molecular weight excluding hydrogens is 274 g/mol. The number of hydrogen-bond donors (Lipinski definition) is 1. The first-order valence-electron chi connectivity index (χ1n) is 6.30. The number of hydrogen-bond acceptors (Lipinski definition) is 6. The topological polar surface area (TPSA) is 93.8 Å². The Kier molecular flexibility index (Phi) is 3.02. The van der Waals surface area contributed by atoms with Crippen LogP contribution in [0, 0.1) is 0 Å². The molecule has 0 saturated heterocycles. The molecule has 3 aromatic rings. The van der Waals surface area contributed by atoms with Crippen molar-refractivity contribution in [1.82, 2.24) is 14.4 Å².